The minimum atomic E-state index is -0.573. The highest BCUT2D eigenvalue weighted by atomic mass is 127. The van der Waals surface area contributed by atoms with Crippen LogP contribution in [0.2, 0.25) is 0 Å². The molecule has 0 spiro atoms. The van der Waals surface area contributed by atoms with E-state index in [1.54, 1.807) is 36.4 Å². The third-order valence-electron chi connectivity index (χ3n) is 2.80. The first-order valence-electron chi connectivity index (χ1n) is 5.86. The first-order valence-corrected chi connectivity index (χ1v) is 6.94. The van der Waals surface area contributed by atoms with E-state index in [-0.39, 0.29) is 6.61 Å². The third kappa shape index (κ3) is 2.44. The van der Waals surface area contributed by atoms with Crippen molar-refractivity contribution in [2.75, 3.05) is 0 Å². The second kappa shape index (κ2) is 5.29. The van der Waals surface area contributed by atoms with Gasteiger partial charge in [-0.05, 0) is 52.4 Å². The number of hydrogen-bond donors (Lipinski definition) is 2. The molecule has 0 radical (unpaired) electrons. The number of aromatic nitrogens is 1. The minimum Gasteiger partial charge on any atom is -0.451 e. The maximum atomic E-state index is 11.8. The van der Waals surface area contributed by atoms with Gasteiger partial charge in [-0.25, -0.2) is 4.79 Å². The Morgan fingerprint density at radius 1 is 1.10 bits per heavy atom. The molecular weight excluding hydrogens is 373 g/mol. The summed E-state index contributed by atoms with van der Waals surface area (Å²) in [4.78, 5) is 14.5. The highest BCUT2D eigenvalue weighted by Gasteiger charge is 2.05. The summed E-state index contributed by atoms with van der Waals surface area (Å²) in [5.74, 6) is -0.573. The topological polar surface area (TPSA) is 79.4 Å². The molecule has 1 heterocycles. The number of halogens is 1. The average molecular weight is 383 g/mol. The number of aliphatic hydroxyl groups excluding tert-OH is 1. The molecule has 0 aliphatic carbocycles. The van der Waals surface area contributed by atoms with Gasteiger partial charge in [0.2, 0.25) is 0 Å². The van der Waals surface area contributed by atoms with E-state index in [0.29, 0.717) is 27.8 Å². The maximum Gasteiger partial charge on any atom is 0.417 e. The van der Waals surface area contributed by atoms with E-state index in [9.17, 15) is 9.90 Å². The van der Waals surface area contributed by atoms with Gasteiger partial charge in [0.05, 0.1) is 6.61 Å². The van der Waals surface area contributed by atoms with Crippen LogP contribution in [0.4, 0.5) is 0 Å². The Balaban J connectivity index is 2.55. The molecule has 6 heteroatoms. The van der Waals surface area contributed by atoms with Crippen LogP contribution in [0.1, 0.15) is 5.56 Å². The molecule has 5 nitrogen and oxygen atoms in total. The Morgan fingerprint density at radius 3 is 2.50 bits per heavy atom. The van der Waals surface area contributed by atoms with Gasteiger partial charge >= 0.3 is 5.76 Å². The number of H-pyrrole nitrogens is 1. The molecule has 2 N–H and O–H groups in total. The summed E-state index contributed by atoms with van der Waals surface area (Å²) in [6.45, 7) is -0.0985. The van der Waals surface area contributed by atoms with Gasteiger partial charge in [0.25, 0.3) is 0 Å². The largest absolute Gasteiger partial charge is 0.451 e. The number of nitrogens with one attached hydrogen (secondary N) is 1. The molecule has 2 aromatic carbocycles. The molecule has 0 atom stereocenters. The molecule has 0 bridgehead atoms. The van der Waals surface area contributed by atoms with Gasteiger partial charge in [-0.15, -0.1) is 0 Å². The number of fused-ring (bicyclic) bond motifs is 2. The van der Waals surface area contributed by atoms with Crippen molar-refractivity contribution in [3.63, 3.8) is 0 Å². The Morgan fingerprint density at radius 2 is 1.80 bits per heavy atom. The predicted octanol–water partition coefficient (Wildman–Crippen LogP) is 3.09. The number of rotatable bonds is 1. The lowest BCUT2D eigenvalue weighted by atomic mass is 10.2. The van der Waals surface area contributed by atoms with Crippen molar-refractivity contribution in [3.05, 3.63) is 56.1 Å². The highest BCUT2D eigenvalue weighted by molar-refractivity contribution is 14.1. The summed E-state index contributed by atoms with van der Waals surface area (Å²) in [6.07, 6.45) is 0. The number of benzene rings is 2. The molecule has 0 saturated heterocycles. The van der Waals surface area contributed by atoms with Gasteiger partial charge in [-0.1, -0.05) is 12.1 Å². The van der Waals surface area contributed by atoms with Gasteiger partial charge in [0, 0.05) is 3.57 Å². The smallest absolute Gasteiger partial charge is 0.417 e. The molecule has 0 aliphatic heterocycles. The lowest BCUT2D eigenvalue weighted by molar-refractivity contribution is 0.282. The fourth-order valence-corrected chi connectivity index (χ4v) is 2.69. The molecule has 3 rings (SSSR count). The molecule has 0 saturated carbocycles. The number of aromatic amines is 1. The van der Waals surface area contributed by atoms with Crippen LogP contribution in [0.5, 0.6) is 0 Å². The van der Waals surface area contributed by atoms with E-state index in [1.165, 1.54) is 0 Å². The van der Waals surface area contributed by atoms with E-state index in [0.717, 1.165) is 3.57 Å². The summed E-state index contributed by atoms with van der Waals surface area (Å²) >= 11 is 2.07. The second-order valence-corrected chi connectivity index (χ2v) is 5.33. The van der Waals surface area contributed by atoms with Crippen LogP contribution in [-0.2, 0) is 6.61 Å². The minimum absolute atomic E-state index is 0.0985. The molecule has 0 amide bonds. The molecule has 3 aromatic rings. The standard InChI is InChI=1S/C14H10INO4/c15-9-5-8(7-17)6-12-13(9)16-14(18)20-11-4-2-1-3-10(11)19-12/h1-6,17H,7H2,(H,16,18). The quantitative estimate of drug-likeness (QED) is 0.633. The molecular formula is C14H10INO4. The molecule has 1 aromatic heterocycles. The fourth-order valence-electron chi connectivity index (χ4n) is 1.89. The average Bonchev–Trinajstić information content (AvgIpc) is 2.42. The van der Waals surface area contributed by atoms with Gasteiger partial charge in [-0.3, -0.25) is 4.98 Å². The van der Waals surface area contributed by atoms with Crippen molar-refractivity contribution in [2.45, 2.75) is 6.61 Å². The molecule has 20 heavy (non-hydrogen) atoms. The molecule has 0 unspecified atom stereocenters. The van der Waals surface area contributed by atoms with Crippen LogP contribution in [0.25, 0.3) is 22.3 Å². The van der Waals surface area contributed by atoms with Crippen molar-refractivity contribution in [1.29, 1.82) is 0 Å². The van der Waals surface area contributed by atoms with E-state index in [1.807, 2.05) is 0 Å². The van der Waals surface area contributed by atoms with E-state index >= 15 is 0 Å². The van der Waals surface area contributed by atoms with Gasteiger partial charge < -0.3 is 13.9 Å². The number of aliphatic hydroxyl groups is 1. The van der Waals surface area contributed by atoms with Crippen molar-refractivity contribution < 1.29 is 13.9 Å². The maximum absolute atomic E-state index is 11.8. The Labute approximate surface area is 126 Å². The zero-order valence-electron chi connectivity index (χ0n) is 10.2. The zero-order valence-corrected chi connectivity index (χ0v) is 12.4. The third-order valence-corrected chi connectivity index (χ3v) is 3.65. The Kier molecular flexibility index (Phi) is 3.49. The summed E-state index contributed by atoms with van der Waals surface area (Å²) in [6, 6.07) is 10.4. The van der Waals surface area contributed by atoms with Gasteiger partial charge in [0.15, 0.2) is 16.7 Å². The molecule has 102 valence electrons. The molecule has 0 aliphatic rings. The van der Waals surface area contributed by atoms with Crippen LogP contribution in [0.15, 0.2) is 50.0 Å². The van der Waals surface area contributed by atoms with Gasteiger partial charge in [-0.2, -0.15) is 0 Å². The normalized spacial score (nSPS) is 10.9. The Hall–Kier alpha value is -1.80. The van der Waals surface area contributed by atoms with Crippen LogP contribution < -0.4 is 5.76 Å². The highest BCUT2D eigenvalue weighted by Crippen LogP contribution is 2.22. The summed E-state index contributed by atoms with van der Waals surface area (Å²) < 4.78 is 11.7. The summed E-state index contributed by atoms with van der Waals surface area (Å²) in [5.41, 5.74) is 2.52. The van der Waals surface area contributed by atoms with Crippen molar-refractivity contribution in [1.82, 2.24) is 4.98 Å². The fraction of sp³-hybridized carbons (Fsp3) is 0.0714. The predicted molar refractivity (Wildman–Crippen MR) is 82.9 cm³/mol. The van der Waals surface area contributed by atoms with Crippen molar-refractivity contribution in [3.8, 4) is 0 Å². The zero-order chi connectivity index (χ0) is 14.1. The van der Waals surface area contributed by atoms with Crippen LogP contribution in [-0.4, -0.2) is 10.1 Å². The Bertz CT molecular complexity index is 889. The van der Waals surface area contributed by atoms with E-state index in [4.69, 9.17) is 8.83 Å². The SMILES string of the molecule is O=c1[nH]c2c(I)cc(CO)cc2oc2ccccc2o1. The summed E-state index contributed by atoms with van der Waals surface area (Å²) in [7, 11) is 0. The number of para-hydroxylation sites is 2. The number of hydrogen-bond acceptors (Lipinski definition) is 4. The second-order valence-electron chi connectivity index (χ2n) is 4.17. The van der Waals surface area contributed by atoms with E-state index in [2.05, 4.69) is 27.6 Å². The van der Waals surface area contributed by atoms with Crippen LogP contribution in [0, 0.1) is 3.57 Å². The van der Waals surface area contributed by atoms with Gasteiger partial charge in [0.1, 0.15) is 5.52 Å². The van der Waals surface area contributed by atoms with E-state index < -0.39 is 5.76 Å². The monoisotopic (exact) mass is 383 g/mol. The van der Waals surface area contributed by atoms with Crippen LogP contribution in [0.3, 0.4) is 0 Å². The first kappa shape index (κ1) is 13.2. The van der Waals surface area contributed by atoms with Crippen LogP contribution >= 0.6 is 22.6 Å². The van der Waals surface area contributed by atoms with Crippen molar-refractivity contribution in [2.24, 2.45) is 0 Å². The first-order chi connectivity index (χ1) is 9.67. The molecule has 0 fully saturated rings. The summed E-state index contributed by atoms with van der Waals surface area (Å²) in [5, 5.41) is 9.27. The lowest BCUT2D eigenvalue weighted by Crippen LogP contribution is -2.02. The lowest BCUT2D eigenvalue weighted by Gasteiger charge is -2.02. The van der Waals surface area contributed by atoms with Crippen molar-refractivity contribution >= 4 is 44.9 Å².